The van der Waals surface area contributed by atoms with Crippen LogP contribution in [0.4, 0.5) is 13.2 Å². The van der Waals surface area contributed by atoms with E-state index in [2.05, 4.69) is 5.32 Å². The number of benzene rings is 2. The van der Waals surface area contributed by atoms with E-state index in [1.165, 1.54) is 24.3 Å². The van der Waals surface area contributed by atoms with Gasteiger partial charge in [-0.3, -0.25) is 9.59 Å². The molecule has 160 valence electrons. The topological polar surface area (TPSA) is 83.6 Å². The normalized spacial score (nSPS) is 16.9. The van der Waals surface area contributed by atoms with Crippen molar-refractivity contribution < 1.29 is 31.2 Å². The van der Waals surface area contributed by atoms with Crippen LogP contribution >= 0.6 is 0 Å². The summed E-state index contributed by atoms with van der Waals surface area (Å²) < 4.78 is 62.3. The highest BCUT2D eigenvalue weighted by Gasteiger charge is 2.32. The van der Waals surface area contributed by atoms with Gasteiger partial charge < -0.3 is 10.2 Å². The van der Waals surface area contributed by atoms with Gasteiger partial charge in [0.2, 0.25) is 15.7 Å². The maximum atomic E-state index is 13.0. The van der Waals surface area contributed by atoms with Gasteiger partial charge in [0.05, 0.1) is 10.5 Å². The Morgan fingerprint density at radius 3 is 2.47 bits per heavy atom. The Bertz CT molecular complexity index is 1040. The first-order valence-electron chi connectivity index (χ1n) is 9.10. The molecule has 1 heterocycles. The number of nitrogens with one attached hydrogen (secondary N) is 1. The van der Waals surface area contributed by atoms with Crippen molar-refractivity contribution in [3.63, 3.8) is 0 Å². The smallest absolute Gasteiger partial charge is 0.341 e. The van der Waals surface area contributed by atoms with Gasteiger partial charge in [0, 0.05) is 32.0 Å². The number of alkyl halides is 2. The van der Waals surface area contributed by atoms with Gasteiger partial charge >= 0.3 is 5.76 Å². The molecule has 0 radical (unpaired) electrons. The van der Waals surface area contributed by atoms with E-state index in [0.29, 0.717) is 13.1 Å². The molecule has 3 rings (SSSR count). The Hall–Kier alpha value is -2.88. The van der Waals surface area contributed by atoms with Crippen molar-refractivity contribution >= 4 is 21.7 Å². The van der Waals surface area contributed by atoms with Crippen LogP contribution in [0.1, 0.15) is 22.3 Å². The lowest BCUT2D eigenvalue weighted by atomic mass is 10.1. The number of carbonyl (C=O) groups excluding carboxylic acids is 2. The zero-order valence-electron chi connectivity index (χ0n) is 15.7. The number of halogens is 3. The summed E-state index contributed by atoms with van der Waals surface area (Å²) in [5.41, 5.74) is 0.394. The molecule has 0 bridgehead atoms. The van der Waals surface area contributed by atoms with Crippen LogP contribution in [0, 0.1) is 11.7 Å². The number of likely N-dealkylation sites (tertiary alicyclic amines) is 1. The predicted molar refractivity (Wildman–Crippen MR) is 102 cm³/mol. The van der Waals surface area contributed by atoms with Crippen molar-refractivity contribution in [2.45, 2.75) is 23.6 Å². The maximum Gasteiger partial charge on any atom is 0.341 e. The van der Waals surface area contributed by atoms with E-state index in [1.807, 2.05) is 0 Å². The van der Waals surface area contributed by atoms with Crippen LogP contribution in [0.15, 0.2) is 53.4 Å². The van der Waals surface area contributed by atoms with Crippen LogP contribution in [0.2, 0.25) is 0 Å². The lowest BCUT2D eigenvalue weighted by Gasteiger charge is -2.17. The van der Waals surface area contributed by atoms with Gasteiger partial charge in [-0.15, -0.1) is 0 Å². The van der Waals surface area contributed by atoms with Gasteiger partial charge in [0.15, 0.2) is 0 Å². The van der Waals surface area contributed by atoms with Crippen molar-refractivity contribution in [2.75, 3.05) is 13.1 Å². The molecule has 10 heteroatoms. The molecule has 0 aliphatic carbocycles. The third-order valence-corrected chi connectivity index (χ3v) is 6.24. The minimum Gasteiger partial charge on any atom is -0.352 e. The minimum atomic E-state index is -4.93. The third-order valence-electron chi connectivity index (χ3n) is 4.81. The number of rotatable bonds is 7. The second-order valence-electron chi connectivity index (χ2n) is 6.98. The fourth-order valence-electron chi connectivity index (χ4n) is 3.28. The number of carbonyl (C=O) groups is 2. The number of nitrogens with zero attached hydrogens (tertiary/aromatic N) is 1. The number of hydrogen-bond donors (Lipinski definition) is 1. The Kier molecular flexibility index (Phi) is 6.45. The summed E-state index contributed by atoms with van der Waals surface area (Å²) in [7, 11) is -4.93. The standard InChI is InChI=1S/C20H19F3N2O4S/c21-15-7-5-13(6-8-15)11-25-12-14(9-18(25)26)10-24-19(27)16-3-1-2-4-17(16)30(28,29)20(22)23/h1-8,14,20H,9-12H2,(H,24,27). The first kappa shape index (κ1) is 21.8. The highest BCUT2D eigenvalue weighted by molar-refractivity contribution is 7.91. The molecule has 0 saturated carbocycles. The monoisotopic (exact) mass is 440 g/mol. The summed E-state index contributed by atoms with van der Waals surface area (Å²) in [5, 5.41) is 2.53. The number of hydrogen-bond acceptors (Lipinski definition) is 4. The lowest BCUT2D eigenvalue weighted by molar-refractivity contribution is -0.128. The zero-order chi connectivity index (χ0) is 21.9. The highest BCUT2D eigenvalue weighted by Crippen LogP contribution is 2.23. The second kappa shape index (κ2) is 8.86. The fourth-order valence-corrected chi connectivity index (χ4v) is 4.21. The Morgan fingerprint density at radius 1 is 1.13 bits per heavy atom. The largest absolute Gasteiger partial charge is 0.352 e. The average Bonchev–Trinajstić information content (AvgIpc) is 3.07. The molecule has 2 aromatic carbocycles. The molecule has 1 aliphatic heterocycles. The zero-order valence-corrected chi connectivity index (χ0v) is 16.5. The second-order valence-corrected chi connectivity index (χ2v) is 8.87. The SMILES string of the molecule is O=C(NCC1CC(=O)N(Cc2ccc(F)cc2)C1)c1ccccc1S(=O)(=O)C(F)F. The van der Waals surface area contributed by atoms with Gasteiger partial charge in [-0.2, -0.15) is 8.78 Å². The van der Waals surface area contributed by atoms with Crippen LogP contribution in [-0.2, 0) is 21.2 Å². The van der Waals surface area contributed by atoms with Crippen molar-refractivity contribution in [1.29, 1.82) is 0 Å². The average molecular weight is 440 g/mol. The van der Waals surface area contributed by atoms with E-state index in [1.54, 1.807) is 17.0 Å². The van der Waals surface area contributed by atoms with Crippen LogP contribution in [-0.4, -0.2) is 44.0 Å². The molecule has 2 aromatic rings. The molecule has 6 nitrogen and oxygen atoms in total. The van der Waals surface area contributed by atoms with Crippen LogP contribution < -0.4 is 5.32 Å². The van der Waals surface area contributed by atoms with Crippen molar-refractivity contribution in [3.05, 3.63) is 65.5 Å². The van der Waals surface area contributed by atoms with Gasteiger partial charge in [0.25, 0.3) is 5.91 Å². The molecule has 1 saturated heterocycles. The molecule has 1 unspecified atom stereocenters. The molecular weight excluding hydrogens is 421 g/mol. The molecule has 1 aliphatic rings. The summed E-state index contributed by atoms with van der Waals surface area (Å²) in [6, 6.07) is 10.5. The predicted octanol–water partition coefficient (Wildman–Crippen LogP) is 2.60. The van der Waals surface area contributed by atoms with E-state index in [0.717, 1.165) is 17.7 Å². The summed E-state index contributed by atoms with van der Waals surface area (Å²) >= 11 is 0. The van der Waals surface area contributed by atoms with Crippen LogP contribution in [0.25, 0.3) is 0 Å². The first-order chi connectivity index (χ1) is 14.2. The van der Waals surface area contributed by atoms with E-state index in [9.17, 15) is 31.2 Å². The van der Waals surface area contributed by atoms with E-state index >= 15 is 0 Å². The Morgan fingerprint density at radius 2 is 1.80 bits per heavy atom. The summed E-state index contributed by atoms with van der Waals surface area (Å²) in [6.07, 6.45) is 0.179. The number of sulfone groups is 1. The van der Waals surface area contributed by atoms with Gasteiger partial charge in [-0.1, -0.05) is 24.3 Å². The lowest BCUT2D eigenvalue weighted by Crippen LogP contribution is -2.32. The Balaban J connectivity index is 1.62. The molecule has 0 aromatic heterocycles. The number of amides is 2. The summed E-state index contributed by atoms with van der Waals surface area (Å²) in [4.78, 5) is 25.5. The molecular formula is C20H19F3N2O4S. The maximum absolute atomic E-state index is 13.0. The molecule has 2 amide bonds. The van der Waals surface area contributed by atoms with Gasteiger partial charge in [-0.05, 0) is 29.8 Å². The van der Waals surface area contributed by atoms with Crippen LogP contribution in [0.5, 0.6) is 0 Å². The van der Waals surface area contributed by atoms with Crippen molar-refractivity contribution in [2.24, 2.45) is 5.92 Å². The third kappa shape index (κ3) is 4.81. The molecule has 1 fully saturated rings. The molecule has 0 spiro atoms. The molecule has 1 atom stereocenters. The van der Waals surface area contributed by atoms with Crippen molar-refractivity contribution in [1.82, 2.24) is 10.2 Å². The van der Waals surface area contributed by atoms with Gasteiger partial charge in [-0.25, -0.2) is 12.8 Å². The Labute approximate surface area is 171 Å². The quantitative estimate of drug-likeness (QED) is 0.718. The fraction of sp³-hybridized carbons (Fsp3) is 0.300. The van der Waals surface area contributed by atoms with Crippen LogP contribution in [0.3, 0.4) is 0 Å². The van der Waals surface area contributed by atoms with Gasteiger partial charge in [0.1, 0.15) is 5.82 Å². The first-order valence-corrected chi connectivity index (χ1v) is 10.6. The molecule has 1 N–H and O–H groups in total. The summed E-state index contributed by atoms with van der Waals surface area (Å²) in [6.45, 7) is 0.736. The minimum absolute atomic E-state index is 0.0769. The molecule has 30 heavy (non-hydrogen) atoms. The van der Waals surface area contributed by atoms with Crippen molar-refractivity contribution in [3.8, 4) is 0 Å². The van der Waals surface area contributed by atoms with E-state index in [-0.39, 0.29) is 36.2 Å². The highest BCUT2D eigenvalue weighted by atomic mass is 32.2. The van der Waals surface area contributed by atoms with E-state index < -0.39 is 26.4 Å². The summed E-state index contributed by atoms with van der Waals surface area (Å²) in [5.74, 6) is -5.17. The van der Waals surface area contributed by atoms with E-state index in [4.69, 9.17) is 0 Å².